The van der Waals surface area contributed by atoms with Gasteiger partial charge in [-0.15, -0.1) is 5.10 Å². The molecule has 1 fully saturated rings. The fourth-order valence-electron chi connectivity index (χ4n) is 3.15. The maximum Gasteiger partial charge on any atom is 0.291 e. The lowest BCUT2D eigenvalue weighted by Gasteiger charge is -2.11. The third-order valence-corrected chi connectivity index (χ3v) is 4.68. The minimum atomic E-state index is -0.525. The Hall–Kier alpha value is -3.56. The van der Waals surface area contributed by atoms with E-state index in [1.54, 1.807) is 4.68 Å². The Balaban J connectivity index is 1.27. The highest BCUT2D eigenvalue weighted by molar-refractivity contribution is 5.94. The van der Waals surface area contributed by atoms with Crippen LogP contribution in [0.3, 0.4) is 0 Å². The van der Waals surface area contributed by atoms with Gasteiger partial charge >= 0.3 is 0 Å². The van der Waals surface area contributed by atoms with Crippen molar-refractivity contribution in [1.29, 1.82) is 0 Å². The third kappa shape index (κ3) is 4.65. The van der Waals surface area contributed by atoms with Crippen molar-refractivity contribution in [1.82, 2.24) is 36.7 Å². The number of hydrogen-bond donors (Lipinski definition) is 4. The Morgan fingerprint density at radius 3 is 2.48 bits per heavy atom. The summed E-state index contributed by atoms with van der Waals surface area (Å²) in [6, 6.07) is 19.2. The summed E-state index contributed by atoms with van der Waals surface area (Å²) in [5.74, 6) is -0.857. The minimum Gasteiger partial charge on any atom is -0.271 e. The van der Waals surface area contributed by atoms with E-state index in [9.17, 15) is 9.59 Å². The van der Waals surface area contributed by atoms with Crippen LogP contribution in [0.1, 0.15) is 34.1 Å². The van der Waals surface area contributed by atoms with E-state index >= 15 is 0 Å². The Morgan fingerprint density at radius 1 is 1.00 bits per heavy atom. The fraction of sp³-hybridized carbons (Fsp3) is 0.200. The van der Waals surface area contributed by atoms with Crippen LogP contribution in [-0.2, 0) is 11.3 Å². The fourth-order valence-corrected chi connectivity index (χ4v) is 3.15. The van der Waals surface area contributed by atoms with Gasteiger partial charge in [0.2, 0.25) is 0 Å². The van der Waals surface area contributed by atoms with E-state index in [2.05, 4.69) is 32.0 Å². The highest BCUT2D eigenvalue weighted by Gasteiger charge is 2.30. The van der Waals surface area contributed by atoms with E-state index in [1.165, 1.54) is 6.20 Å². The average Bonchev–Trinajstić information content (AvgIpc) is 3.43. The van der Waals surface area contributed by atoms with Crippen molar-refractivity contribution in [2.24, 2.45) is 0 Å². The molecule has 2 amide bonds. The quantitative estimate of drug-likeness (QED) is 0.476. The van der Waals surface area contributed by atoms with Crippen LogP contribution in [0.2, 0.25) is 0 Å². The smallest absolute Gasteiger partial charge is 0.271 e. The van der Waals surface area contributed by atoms with Crippen molar-refractivity contribution in [2.75, 3.05) is 0 Å². The van der Waals surface area contributed by atoms with Crippen molar-refractivity contribution < 1.29 is 9.59 Å². The second kappa shape index (κ2) is 8.63. The van der Waals surface area contributed by atoms with E-state index in [1.807, 2.05) is 60.7 Å². The Morgan fingerprint density at radius 2 is 1.72 bits per heavy atom. The molecule has 9 heteroatoms. The molecule has 0 radical (unpaired) electrons. The molecule has 9 nitrogen and oxygen atoms in total. The highest BCUT2D eigenvalue weighted by atomic mass is 16.2. The lowest BCUT2D eigenvalue weighted by molar-refractivity contribution is -0.123. The number of rotatable bonds is 5. The van der Waals surface area contributed by atoms with Gasteiger partial charge in [0.15, 0.2) is 5.69 Å². The largest absolute Gasteiger partial charge is 0.291 e. The van der Waals surface area contributed by atoms with E-state index in [0.717, 1.165) is 11.1 Å². The molecule has 3 aromatic rings. The number of hydrogen-bond acceptors (Lipinski definition) is 6. The predicted octanol–water partition coefficient (Wildman–Crippen LogP) is 0.695. The first kappa shape index (κ1) is 18.8. The number of carbonyl (C=O) groups excluding carboxylic acids is 2. The van der Waals surface area contributed by atoms with Gasteiger partial charge in [-0.25, -0.2) is 15.5 Å². The molecule has 1 saturated heterocycles. The summed E-state index contributed by atoms with van der Waals surface area (Å²) in [6.07, 6.45) is 2.11. The number of aromatic nitrogens is 3. The van der Waals surface area contributed by atoms with E-state index < -0.39 is 11.9 Å². The van der Waals surface area contributed by atoms with Crippen molar-refractivity contribution in [3.05, 3.63) is 83.7 Å². The number of carbonyl (C=O) groups is 2. The van der Waals surface area contributed by atoms with Gasteiger partial charge in [0, 0.05) is 6.04 Å². The van der Waals surface area contributed by atoms with Crippen molar-refractivity contribution in [3.63, 3.8) is 0 Å². The first-order chi connectivity index (χ1) is 14.2. The summed E-state index contributed by atoms with van der Waals surface area (Å²) in [4.78, 5) is 24.6. The second-order valence-electron chi connectivity index (χ2n) is 6.77. The van der Waals surface area contributed by atoms with Crippen molar-refractivity contribution >= 4 is 11.8 Å². The normalized spacial score (nSPS) is 18.3. The highest BCUT2D eigenvalue weighted by Crippen LogP contribution is 2.21. The Kier molecular flexibility index (Phi) is 5.59. The number of amides is 2. The molecule has 2 aromatic carbocycles. The van der Waals surface area contributed by atoms with Crippen LogP contribution in [0.15, 0.2) is 66.9 Å². The molecule has 0 spiro atoms. The molecule has 1 aliphatic heterocycles. The summed E-state index contributed by atoms with van der Waals surface area (Å²) in [5.41, 5.74) is 13.1. The van der Waals surface area contributed by atoms with Gasteiger partial charge in [-0.1, -0.05) is 65.9 Å². The Bertz CT molecular complexity index is 975. The van der Waals surface area contributed by atoms with Crippen LogP contribution in [0.4, 0.5) is 0 Å². The number of nitrogens with zero attached hydrogens (tertiary/aromatic N) is 3. The molecule has 4 N–H and O–H groups in total. The van der Waals surface area contributed by atoms with Crippen LogP contribution in [0.5, 0.6) is 0 Å². The predicted molar refractivity (Wildman–Crippen MR) is 105 cm³/mol. The van der Waals surface area contributed by atoms with Gasteiger partial charge in [0.25, 0.3) is 11.8 Å². The van der Waals surface area contributed by atoms with Crippen molar-refractivity contribution in [3.8, 4) is 0 Å². The van der Waals surface area contributed by atoms with Crippen LogP contribution >= 0.6 is 0 Å². The summed E-state index contributed by atoms with van der Waals surface area (Å²) in [6.45, 7) is 0.506. The second-order valence-corrected chi connectivity index (χ2v) is 6.77. The first-order valence-corrected chi connectivity index (χ1v) is 9.29. The molecule has 0 bridgehead atoms. The molecule has 1 aliphatic rings. The molecule has 1 aromatic heterocycles. The summed E-state index contributed by atoms with van der Waals surface area (Å²) in [5, 5.41) is 7.81. The molecule has 2 unspecified atom stereocenters. The van der Waals surface area contributed by atoms with Crippen LogP contribution in [0, 0.1) is 0 Å². The van der Waals surface area contributed by atoms with Crippen molar-refractivity contribution in [2.45, 2.75) is 25.0 Å². The molecule has 29 heavy (non-hydrogen) atoms. The SMILES string of the molecule is O=C(NNC(=O)C1CC(c2ccccc2)NN1)c1cn(Cc2ccccc2)nn1. The number of benzene rings is 2. The van der Waals surface area contributed by atoms with Crippen LogP contribution in [-0.4, -0.2) is 32.9 Å². The molecule has 2 atom stereocenters. The van der Waals surface area contributed by atoms with Gasteiger partial charge in [0.05, 0.1) is 12.7 Å². The van der Waals surface area contributed by atoms with Gasteiger partial charge in [-0.05, 0) is 17.5 Å². The molecule has 2 heterocycles. The lowest BCUT2D eigenvalue weighted by Crippen LogP contribution is -2.50. The number of hydrazine groups is 2. The van der Waals surface area contributed by atoms with Crippen LogP contribution in [0.25, 0.3) is 0 Å². The number of nitrogens with one attached hydrogen (secondary N) is 4. The summed E-state index contributed by atoms with van der Waals surface area (Å²) in [7, 11) is 0. The Labute approximate surface area is 167 Å². The molecule has 0 saturated carbocycles. The lowest BCUT2D eigenvalue weighted by atomic mass is 10.0. The van der Waals surface area contributed by atoms with Crippen LogP contribution < -0.4 is 21.7 Å². The zero-order valence-corrected chi connectivity index (χ0v) is 15.6. The standard InChI is InChI=1S/C20H21N7O2/c28-19(17-11-16(21-22-17)15-9-5-2-6-10-15)24-25-20(29)18-13-27(26-23-18)12-14-7-3-1-4-8-14/h1-10,13,16-17,21-22H,11-12H2,(H,24,28)(H,25,29). The molecule has 148 valence electrons. The van der Waals surface area contributed by atoms with Gasteiger partial charge in [-0.2, -0.15) is 0 Å². The first-order valence-electron chi connectivity index (χ1n) is 9.29. The maximum atomic E-state index is 12.3. The molecule has 4 rings (SSSR count). The minimum absolute atomic E-state index is 0.0283. The van der Waals surface area contributed by atoms with E-state index in [-0.39, 0.29) is 17.6 Å². The summed E-state index contributed by atoms with van der Waals surface area (Å²) >= 11 is 0. The molecule has 0 aliphatic carbocycles. The maximum absolute atomic E-state index is 12.3. The summed E-state index contributed by atoms with van der Waals surface area (Å²) < 4.78 is 1.57. The molecular weight excluding hydrogens is 370 g/mol. The van der Waals surface area contributed by atoms with Gasteiger partial charge < -0.3 is 0 Å². The van der Waals surface area contributed by atoms with Gasteiger partial charge in [0.1, 0.15) is 6.04 Å². The zero-order valence-electron chi connectivity index (χ0n) is 15.6. The molecular formula is C20H21N7O2. The van der Waals surface area contributed by atoms with Gasteiger partial charge in [-0.3, -0.25) is 20.4 Å². The monoisotopic (exact) mass is 391 g/mol. The zero-order chi connectivity index (χ0) is 20.1. The third-order valence-electron chi connectivity index (χ3n) is 4.68. The topological polar surface area (TPSA) is 113 Å². The van der Waals surface area contributed by atoms with E-state index in [4.69, 9.17) is 0 Å². The average molecular weight is 391 g/mol. The van der Waals surface area contributed by atoms with E-state index in [0.29, 0.717) is 13.0 Å².